The molecule has 0 bridgehead atoms. The van der Waals surface area contributed by atoms with Gasteiger partial charge in [-0.3, -0.25) is 14.7 Å². The van der Waals surface area contributed by atoms with E-state index < -0.39 is 0 Å². The number of piperidine rings is 1. The molecule has 28 heavy (non-hydrogen) atoms. The molecule has 2 aromatic carbocycles. The summed E-state index contributed by atoms with van der Waals surface area (Å²) in [6.07, 6.45) is 3.90. The number of aromatic amines is 1. The first-order valence-electron chi connectivity index (χ1n) is 9.88. The number of hydrogen-bond donors (Lipinski definition) is 1. The van der Waals surface area contributed by atoms with Crippen LogP contribution in [-0.2, 0) is 6.54 Å². The Morgan fingerprint density at radius 1 is 1.11 bits per heavy atom. The molecule has 3 aromatic rings. The van der Waals surface area contributed by atoms with Crippen LogP contribution in [0.5, 0.6) is 5.75 Å². The molecule has 1 fully saturated rings. The van der Waals surface area contributed by atoms with Crippen molar-refractivity contribution in [3.05, 3.63) is 76.2 Å². The highest BCUT2D eigenvalue weighted by Crippen LogP contribution is 2.24. The number of rotatable bonds is 4. The quantitative estimate of drug-likeness (QED) is 0.763. The number of nitrogens with one attached hydrogen (secondary N) is 1. The summed E-state index contributed by atoms with van der Waals surface area (Å²) < 4.78 is 6.21. The maximum atomic E-state index is 11.8. The molecule has 2 aliphatic rings. The summed E-state index contributed by atoms with van der Waals surface area (Å²) in [7, 11) is 0. The van der Waals surface area contributed by atoms with Gasteiger partial charge in [0.15, 0.2) is 0 Å². The minimum absolute atomic E-state index is 0.0613. The Hall–Kier alpha value is -2.92. The van der Waals surface area contributed by atoms with Crippen LogP contribution in [0.4, 0.5) is 0 Å². The van der Waals surface area contributed by atoms with Gasteiger partial charge in [0.2, 0.25) is 0 Å². The largest absolute Gasteiger partial charge is 0.490 e. The lowest BCUT2D eigenvalue weighted by Crippen LogP contribution is -2.40. The van der Waals surface area contributed by atoms with Crippen LogP contribution < -0.4 is 10.3 Å². The first-order chi connectivity index (χ1) is 13.8. The molecule has 5 heteroatoms. The number of H-pyrrole nitrogens is 1. The number of hydrogen-bond acceptors (Lipinski definition) is 4. The summed E-state index contributed by atoms with van der Waals surface area (Å²) in [6, 6.07) is 16.1. The van der Waals surface area contributed by atoms with Gasteiger partial charge in [-0.1, -0.05) is 24.3 Å². The van der Waals surface area contributed by atoms with Crippen LogP contribution in [0.1, 0.15) is 24.0 Å². The van der Waals surface area contributed by atoms with Gasteiger partial charge in [0.05, 0.1) is 12.3 Å². The van der Waals surface area contributed by atoms with Crippen molar-refractivity contribution in [1.82, 2.24) is 9.88 Å². The summed E-state index contributed by atoms with van der Waals surface area (Å²) in [6.45, 7) is 3.76. The lowest BCUT2D eigenvalue weighted by atomic mass is 10.0. The van der Waals surface area contributed by atoms with E-state index in [0.29, 0.717) is 5.39 Å². The number of ether oxygens (including phenoxy) is 1. The number of nitrogens with zero attached hydrogens (tertiary/aromatic N) is 2. The van der Waals surface area contributed by atoms with Gasteiger partial charge in [0.1, 0.15) is 11.9 Å². The molecule has 3 heterocycles. The number of benzene rings is 2. The van der Waals surface area contributed by atoms with E-state index in [9.17, 15) is 4.79 Å². The monoisotopic (exact) mass is 373 g/mol. The minimum Gasteiger partial charge on any atom is -0.490 e. The third-order valence-electron chi connectivity index (χ3n) is 5.72. The standard InChI is InChI=1S/C23H23N3O2/c27-23-21-6-5-19(13-16(21)7-10-24-23)28-18-8-11-26(12-9-18)15-22-20-4-2-1-3-17(20)14-25-22/h1-7,10,13,18H,8-9,11-12,14-15H2,(H,24,27). The normalized spacial score (nSPS) is 17.5. The van der Waals surface area contributed by atoms with Gasteiger partial charge in [-0.05, 0) is 48.1 Å². The number of aliphatic imine (C=N–C) groups is 1. The zero-order valence-corrected chi connectivity index (χ0v) is 15.7. The zero-order chi connectivity index (χ0) is 18.9. The van der Waals surface area contributed by atoms with Crippen LogP contribution in [0.3, 0.4) is 0 Å². The molecule has 0 radical (unpaired) electrons. The van der Waals surface area contributed by atoms with E-state index >= 15 is 0 Å². The first kappa shape index (κ1) is 17.2. The Morgan fingerprint density at radius 3 is 2.86 bits per heavy atom. The molecular formula is C23H23N3O2. The molecular weight excluding hydrogens is 350 g/mol. The maximum absolute atomic E-state index is 11.8. The van der Waals surface area contributed by atoms with E-state index in [1.807, 2.05) is 24.3 Å². The summed E-state index contributed by atoms with van der Waals surface area (Å²) in [5.74, 6) is 0.839. The van der Waals surface area contributed by atoms with Crippen molar-refractivity contribution < 1.29 is 4.74 Å². The molecule has 0 saturated carbocycles. The number of likely N-dealkylation sites (tertiary alicyclic amines) is 1. The molecule has 0 unspecified atom stereocenters. The highest BCUT2D eigenvalue weighted by molar-refractivity contribution is 6.05. The Labute approximate surface area is 163 Å². The molecule has 142 valence electrons. The van der Waals surface area contributed by atoms with Crippen LogP contribution in [0.2, 0.25) is 0 Å². The third-order valence-corrected chi connectivity index (χ3v) is 5.72. The maximum Gasteiger partial charge on any atom is 0.255 e. The van der Waals surface area contributed by atoms with Crippen molar-refractivity contribution in [1.29, 1.82) is 0 Å². The van der Waals surface area contributed by atoms with Crippen molar-refractivity contribution >= 4 is 16.5 Å². The fraction of sp³-hybridized carbons (Fsp3) is 0.304. The first-order valence-corrected chi connectivity index (χ1v) is 9.88. The Kier molecular flexibility index (Phi) is 4.45. The van der Waals surface area contributed by atoms with Crippen molar-refractivity contribution in [2.45, 2.75) is 25.5 Å². The summed E-state index contributed by atoms with van der Waals surface area (Å²) >= 11 is 0. The van der Waals surface area contributed by atoms with Crippen LogP contribution in [-0.4, -0.2) is 41.3 Å². The van der Waals surface area contributed by atoms with Crippen LogP contribution in [0, 0.1) is 0 Å². The van der Waals surface area contributed by atoms with Gasteiger partial charge >= 0.3 is 0 Å². The van der Waals surface area contributed by atoms with Gasteiger partial charge in [0.25, 0.3) is 5.56 Å². The van der Waals surface area contributed by atoms with Crippen molar-refractivity contribution in [3.8, 4) is 5.75 Å². The molecule has 1 N–H and O–H groups in total. The lowest BCUT2D eigenvalue weighted by molar-refractivity contribution is 0.109. The lowest BCUT2D eigenvalue weighted by Gasteiger charge is -2.32. The van der Waals surface area contributed by atoms with E-state index in [1.54, 1.807) is 6.20 Å². The van der Waals surface area contributed by atoms with Gasteiger partial charge in [-0.15, -0.1) is 0 Å². The molecule has 0 atom stereocenters. The predicted molar refractivity (Wildman–Crippen MR) is 111 cm³/mol. The topological polar surface area (TPSA) is 57.7 Å². The average molecular weight is 373 g/mol. The fourth-order valence-corrected chi connectivity index (χ4v) is 4.17. The van der Waals surface area contributed by atoms with E-state index in [-0.39, 0.29) is 11.7 Å². The van der Waals surface area contributed by atoms with Crippen molar-refractivity contribution in [2.24, 2.45) is 4.99 Å². The van der Waals surface area contributed by atoms with Gasteiger partial charge in [-0.25, -0.2) is 0 Å². The fourth-order valence-electron chi connectivity index (χ4n) is 4.17. The smallest absolute Gasteiger partial charge is 0.255 e. The molecule has 5 nitrogen and oxygen atoms in total. The van der Waals surface area contributed by atoms with E-state index in [2.05, 4.69) is 34.1 Å². The van der Waals surface area contributed by atoms with Gasteiger partial charge in [-0.2, -0.15) is 0 Å². The highest BCUT2D eigenvalue weighted by atomic mass is 16.5. The second kappa shape index (κ2) is 7.24. The predicted octanol–water partition coefficient (Wildman–Crippen LogP) is 3.37. The molecule has 2 aliphatic heterocycles. The molecule has 5 rings (SSSR count). The minimum atomic E-state index is -0.0613. The molecule has 1 aromatic heterocycles. The van der Waals surface area contributed by atoms with Crippen molar-refractivity contribution in [3.63, 3.8) is 0 Å². The Balaban J connectivity index is 1.19. The van der Waals surface area contributed by atoms with Crippen LogP contribution in [0.15, 0.2) is 64.5 Å². The molecule has 1 saturated heterocycles. The SMILES string of the molecule is O=c1[nH]ccc2cc(OC3CCN(CC4=NCc5ccccc54)CC3)ccc12. The van der Waals surface area contributed by atoms with Gasteiger partial charge < -0.3 is 9.72 Å². The zero-order valence-electron chi connectivity index (χ0n) is 15.7. The second-order valence-corrected chi connectivity index (χ2v) is 7.57. The van der Waals surface area contributed by atoms with E-state index in [1.165, 1.54) is 16.8 Å². The number of aromatic nitrogens is 1. The summed E-state index contributed by atoms with van der Waals surface area (Å²) in [5.41, 5.74) is 3.81. The van der Waals surface area contributed by atoms with E-state index in [4.69, 9.17) is 9.73 Å². The number of fused-ring (bicyclic) bond motifs is 2. The molecule has 0 amide bonds. The second-order valence-electron chi connectivity index (χ2n) is 7.57. The average Bonchev–Trinajstić information content (AvgIpc) is 3.13. The Morgan fingerprint density at radius 2 is 1.96 bits per heavy atom. The van der Waals surface area contributed by atoms with Crippen LogP contribution in [0.25, 0.3) is 10.8 Å². The number of pyridine rings is 1. The summed E-state index contributed by atoms with van der Waals surface area (Å²) in [5, 5.41) is 1.61. The summed E-state index contributed by atoms with van der Waals surface area (Å²) in [4.78, 5) is 21.7. The third kappa shape index (κ3) is 3.34. The van der Waals surface area contributed by atoms with Crippen molar-refractivity contribution in [2.75, 3.05) is 19.6 Å². The Bertz CT molecular complexity index is 1090. The molecule has 0 aliphatic carbocycles. The van der Waals surface area contributed by atoms with E-state index in [0.717, 1.165) is 50.2 Å². The van der Waals surface area contributed by atoms with Crippen LogP contribution >= 0.6 is 0 Å². The highest BCUT2D eigenvalue weighted by Gasteiger charge is 2.24. The van der Waals surface area contributed by atoms with Gasteiger partial charge in [0, 0.05) is 36.8 Å². The molecule has 0 spiro atoms.